The van der Waals surface area contributed by atoms with E-state index >= 15 is 0 Å². The van der Waals surface area contributed by atoms with Gasteiger partial charge in [-0.1, -0.05) is 0 Å². The van der Waals surface area contributed by atoms with Crippen molar-refractivity contribution in [3.05, 3.63) is 48.0 Å². The van der Waals surface area contributed by atoms with Gasteiger partial charge in [0, 0.05) is 32.0 Å². The van der Waals surface area contributed by atoms with Gasteiger partial charge in [-0.15, -0.1) is 0 Å². The zero-order valence-corrected chi connectivity index (χ0v) is 17.2. The highest BCUT2D eigenvalue weighted by Gasteiger charge is 2.16. The molecule has 1 aliphatic rings. The van der Waals surface area contributed by atoms with Gasteiger partial charge in [-0.05, 0) is 62.8 Å². The van der Waals surface area contributed by atoms with Crippen molar-refractivity contribution in [3.8, 4) is 5.88 Å². The van der Waals surface area contributed by atoms with Gasteiger partial charge in [-0.3, -0.25) is 0 Å². The van der Waals surface area contributed by atoms with Crippen LogP contribution in [0.15, 0.2) is 46.1 Å². The minimum Gasteiger partial charge on any atom is -0.474 e. The maximum absolute atomic E-state index is 5.99. The Kier molecular flexibility index (Phi) is 8.85. The SMILES string of the molecule is CCNC(=NCc1ccnc(OC2CCCC2)c1)NCCCOCc1ccco1. The van der Waals surface area contributed by atoms with Crippen LogP contribution in [-0.4, -0.2) is 36.7 Å². The summed E-state index contributed by atoms with van der Waals surface area (Å²) in [6.07, 6.45) is 9.42. The minimum absolute atomic E-state index is 0.315. The van der Waals surface area contributed by atoms with Crippen LogP contribution in [0.5, 0.6) is 5.88 Å². The van der Waals surface area contributed by atoms with Gasteiger partial charge >= 0.3 is 0 Å². The summed E-state index contributed by atoms with van der Waals surface area (Å²) in [5.74, 6) is 2.35. The molecular formula is C22H32N4O3. The maximum Gasteiger partial charge on any atom is 0.213 e. The van der Waals surface area contributed by atoms with Crippen LogP contribution in [0, 0.1) is 0 Å². The molecule has 0 radical (unpaired) electrons. The summed E-state index contributed by atoms with van der Waals surface area (Å²) < 4.78 is 16.8. The van der Waals surface area contributed by atoms with E-state index in [0.29, 0.717) is 31.7 Å². The van der Waals surface area contributed by atoms with E-state index in [1.54, 1.807) is 12.5 Å². The van der Waals surface area contributed by atoms with Gasteiger partial charge in [0.05, 0.1) is 12.8 Å². The number of nitrogens with one attached hydrogen (secondary N) is 2. The third-order valence-corrected chi connectivity index (χ3v) is 4.74. The Balaban J connectivity index is 1.39. The second-order valence-electron chi connectivity index (χ2n) is 7.13. The first-order chi connectivity index (χ1) is 14.3. The summed E-state index contributed by atoms with van der Waals surface area (Å²) in [5.41, 5.74) is 1.09. The van der Waals surface area contributed by atoms with Gasteiger partial charge in [0.2, 0.25) is 5.88 Å². The van der Waals surface area contributed by atoms with E-state index in [1.165, 1.54) is 12.8 Å². The number of aromatic nitrogens is 1. The Bertz CT molecular complexity index is 727. The third-order valence-electron chi connectivity index (χ3n) is 4.74. The lowest BCUT2D eigenvalue weighted by Crippen LogP contribution is -2.38. The highest BCUT2D eigenvalue weighted by molar-refractivity contribution is 5.79. The van der Waals surface area contributed by atoms with Gasteiger partial charge in [0.15, 0.2) is 5.96 Å². The fraction of sp³-hybridized carbons (Fsp3) is 0.545. The Morgan fingerprint density at radius 3 is 2.97 bits per heavy atom. The molecule has 2 heterocycles. The van der Waals surface area contributed by atoms with Gasteiger partial charge in [0.25, 0.3) is 0 Å². The van der Waals surface area contributed by atoms with E-state index in [2.05, 4.69) is 27.5 Å². The van der Waals surface area contributed by atoms with Gasteiger partial charge < -0.3 is 24.5 Å². The smallest absolute Gasteiger partial charge is 0.213 e. The van der Waals surface area contributed by atoms with Crippen LogP contribution in [-0.2, 0) is 17.9 Å². The predicted molar refractivity (Wildman–Crippen MR) is 113 cm³/mol. The molecular weight excluding hydrogens is 368 g/mol. The lowest BCUT2D eigenvalue weighted by atomic mass is 10.2. The largest absolute Gasteiger partial charge is 0.474 e. The molecule has 0 atom stereocenters. The molecule has 0 aliphatic heterocycles. The molecule has 158 valence electrons. The number of hydrogen-bond acceptors (Lipinski definition) is 5. The van der Waals surface area contributed by atoms with Crippen molar-refractivity contribution in [1.29, 1.82) is 0 Å². The van der Waals surface area contributed by atoms with E-state index in [9.17, 15) is 0 Å². The minimum atomic E-state index is 0.315. The van der Waals surface area contributed by atoms with E-state index in [-0.39, 0.29) is 0 Å². The highest BCUT2D eigenvalue weighted by Crippen LogP contribution is 2.23. The topological polar surface area (TPSA) is 80.9 Å². The first-order valence-electron chi connectivity index (χ1n) is 10.6. The van der Waals surface area contributed by atoms with Crippen molar-refractivity contribution < 1.29 is 13.9 Å². The molecule has 2 aromatic heterocycles. The molecule has 2 aromatic rings. The molecule has 0 saturated heterocycles. The van der Waals surface area contributed by atoms with E-state index in [4.69, 9.17) is 13.9 Å². The lowest BCUT2D eigenvalue weighted by molar-refractivity contribution is 0.105. The van der Waals surface area contributed by atoms with Crippen LogP contribution in [0.1, 0.15) is 50.4 Å². The van der Waals surface area contributed by atoms with Crippen molar-refractivity contribution in [1.82, 2.24) is 15.6 Å². The molecule has 0 bridgehead atoms. The second kappa shape index (κ2) is 12.1. The molecule has 3 rings (SSSR count). The number of furan rings is 1. The van der Waals surface area contributed by atoms with Crippen LogP contribution in [0.3, 0.4) is 0 Å². The predicted octanol–water partition coefficient (Wildman–Crippen LogP) is 3.66. The summed E-state index contributed by atoms with van der Waals surface area (Å²) >= 11 is 0. The molecule has 2 N–H and O–H groups in total. The molecule has 1 aliphatic carbocycles. The van der Waals surface area contributed by atoms with Gasteiger partial charge in [0.1, 0.15) is 18.5 Å². The zero-order chi connectivity index (χ0) is 20.2. The molecule has 1 fully saturated rings. The maximum atomic E-state index is 5.99. The first kappa shape index (κ1) is 21.2. The number of guanidine groups is 1. The number of rotatable bonds is 11. The Morgan fingerprint density at radius 1 is 1.28 bits per heavy atom. The standard InChI is InChI=1S/C22H32N4O3/c1-2-23-22(25-11-6-13-27-17-20-9-5-14-28-20)26-16-18-10-12-24-21(15-18)29-19-7-3-4-8-19/h5,9-10,12,14-15,19H,2-4,6-8,11,13,16-17H2,1H3,(H2,23,25,26). The van der Waals surface area contributed by atoms with Crippen molar-refractivity contribution >= 4 is 5.96 Å². The fourth-order valence-corrected chi connectivity index (χ4v) is 3.25. The molecule has 29 heavy (non-hydrogen) atoms. The number of aliphatic imine (C=N–C) groups is 1. The average molecular weight is 401 g/mol. The van der Waals surface area contributed by atoms with Crippen LogP contribution in [0.4, 0.5) is 0 Å². The summed E-state index contributed by atoms with van der Waals surface area (Å²) in [4.78, 5) is 9.01. The van der Waals surface area contributed by atoms with E-state index in [1.807, 2.05) is 24.3 Å². The number of pyridine rings is 1. The number of hydrogen-bond donors (Lipinski definition) is 2. The third kappa shape index (κ3) is 7.77. The summed E-state index contributed by atoms with van der Waals surface area (Å²) in [7, 11) is 0. The number of nitrogens with zero attached hydrogens (tertiary/aromatic N) is 2. The van der Waals surface area contributed by atoms with Crippen LogP contribution >= 0.6 is 0 Å². The lowest BCUT2D eigenvalue weighted by Gasteiger charge is -2.13. The van der Waals surface area contributed by atoms with E-state index in [0.717, 1.165) is 49.6 Å². The van der Waals surface area contributed by atoms with E-state index < -0.39 is 0 Å². The normalized spacial score (nSPS) is 14.9. The summed E-state index contributed by atoms with van der Waals surface area (Å²) in [5, 5.41) is 6.62. The number of ether oxygens (including phenoxy) is 2. The second-order valence-corrected chi connectivity index (χ2v) is 7.13. The molecule has 0 amide bonds. The van der Waals surface area contributed by atoms with Crippen LogP contribution in [0.2, 0.25) is 0 Å². The first-order valence-corrected chi connectivity index (χ1v) is 10.6. The molecule has 7 nitrogen and oxygen atoms in total. The molecule has 0 unspecified atom stereocenters. The van der Waals surface area contributed by atoms with Crippen molar-refractivity contribution in [3.63, 3.8) is 0 Å². The van der Waals surface area contributed by atoms with Crippen molar-refractivity contribution in [2.75, 3.05) is 19.7 Å². The van der Waals surface area contributed by atoms with Gasteiger partial charge in [-0.25, -0.2) is 9.98 Å². The highest BCUT2D eigenvalue weighted by atomic mass is 16.5. The monoisotopic (exact) mass is 400 g/mol. The molecule has 0 spiro atoms. The summed E-state index contributed by atoms with van der Waals surface area (Å²) in [6, 6.07) is 7.76. The molecule has 0 aromatic carbocycles. The Morgan fingerprint density at radius 2 is 2.17 bits per heavy atom. The fourth-order valence-electron chi connectivity index (χ4n) is 3.25. The van der Waals surface area contributed by atoms with Crippen molar-refractivity contribution in [2.45, 2.75) is 58.3 Å². The Labute approximate surface area is 172 Å². The average Bonchev–Trinajstić information content (AvgIpc) is 3.43. The zero-order valence-electron chi connectivity index (χ0n) is 17.2. The Hall–Kier alpha value is -2.54. The molecule has 7 heteroatoms. The quantitative estimate of drug-likeness (QED) is 0.340. The summed E-state index contributed by atoms with van der Waals surface area (Å²) in [6.45, 7) is 5.41. The van der Waals surface area contributed by atoms with Gasteiger partial charge in [-0.2, -0.15) is 0 Å². The van der Waals surface area contributed by atoms with Crippen LogP contribution in [0.25, 0.3) is 0 Å². The van der Waals surface area contributed by atoms with Crippen molar-refractivity contribution in [2.24, 2.45) is 4.99 Å². The van der Waals surface area contributed by atoms with Crippen LogP contribution < -0.4 is 15.4 Å². The molecule has 1 saturated carbocycles.